The molecule has 1 aromatic heterocycles. The number of nitrogens with zero attached hydrogens (tertiary/aromatic N) is 3. The number of hydrogen-bond donors (Lipinski definition) is 1. The summed E-state index contributed by atoms with van der Waals surface area (Å²) in [6, 6.07) is 14.7. The number of benzene rings is 2. The topological polar surface area (TPSA) is 59.3 Å². The van der Waals surface area contributed by atoms with Gasteiger partial charge < -0.3 is 4.57 Å². The summed E-state index contributed by atoms with van der Waals surface area (Å²) in [7, 11) is 0. The van der Waals surface area contributed by atoms with Gasteiger partial charge in [-0.15, -0.1) is 0 Å². The first-order chi connectivity index (χ1) is 11.6. The van der Waals surface area contributed by atoms with Crippen molar-refractivity contribution < 1.29 is 4.79 Å². The van der Waals surface area contributed by atoms with E-state index < -0.39 is 0 Å². The molecule has 24 heavy (non-hydrogen) atoms. The van der Waals surface area contributed by atoms with Crippen molar-refractivity contribution in [2.24, 2.45) is 5.10 Å². The van der Waals surface area contributed by atoms with Crippen molar-refractivity contribution in [1.82, 2.24) is 15.0 Å². The van der Waals surface area contributed by atoms with Crippen molar-refractivity contribution in [3.8, 4) is 5.69 Å². The van der Waals surface area contributed by atoms with E-state index in [9.17, 15) is 4.79 Å². The Morgan fingerprint density at radius 2 is 1.92 bits per heavy atom. The van der Waals surface area contributed by atoms with Crippen LogP contribution < -0.4 is 5.43 Å². The van der Waals surface area contributed by atoms with Crippen LogP contribution in [-0.2, 0) is 0 Å². The Bertz CT molecular complexity index is 870. The smallest absolute Gasteiger partial charge is 0.272 e. The molecule has 1 N–H and O–H groups in total. The highest BCUT2D eigenvalue weighted by atomic mass is 35.5. The molecular formula is C18H15ClN4O. The maximum atomic E-state index is 12.1. The van der Waals surface area contributed by atoms with Gasteiger partial charge in [-0.2, -0.15) is 5.10 Å². The second-order valence-corrected chi connectivity index (χ2v) is 5.54. The van der Waals surface area contributed by atoms with E-state index in [1.54, 1.807) is 36.8 Å². The fraction of sp³-hybridized carbons (Fsp3) is 0.0556. The zero-order valence-electron chi connectivity index (χ0n) is 13.0. The van der Waals surface area contributed by atoms with Crippen LogP contribution in [0.25, 0.3) is 5.69 Å². The van der Waals surface area contributed by atoms with E-state index in [1.807, 2.05) is 42.0 Å². The van der Waals surface area contributed by atoms with E-state index in [1.165, 1.54) is 0 Å². The van der Waals surface area contributed by atoms with Crippen molar-refractivity contribution in [1.29, 1.82) is 0 Å². The van der Waals surface area contributed by atoms with Crippen LogP contribution >= 0.6 is 11.6 Å². The predicted octanol–water partition coefficient (Wildman–Crippen LogP) is 3.68. The monoisotopic (exact) mass is 338 g/mol. The quantitative estimate of drug-likeness (QED) is 0.582. The van der Waals surface area contributed by atoms with E-state index in [-0.39, 0.29) is 5.91 Å². The van der Waals surface area contributed by atoms with Crippen molar-refractivity contribution in [3.05, 3.63) is 83.4 Å². The zero-order chi connectivity index (χ0) is 16.9. The third kappa shape index (κ3) is 3.52. The van der Waals surface area contributed by atoms with Gasteiger partial charge in [-0.1, -0.05) is 35.9 Å². The van der Waals surface area contributed by atoms with E-state index in [0.29, 0.717) is 16.3 Å². The minimum atomic E-state index is -0.338. The normalized spacial score (nSPS) is 11.3. The molecule has 3 aromatic rings. The van der Waals surface area contributed by atoms with Gasteiger partial charge in [0.05, 0.1) is 22.6 Å². The van der Waals surface area contributed by atoms with Gasteiger partial charge in [0, 0.05) is 18.1 Å². The highest BCUT2D eigenvalue weighted by Gasteiger charge is 2.08. The largest absolute Gasteiger partial charge is 0.306 e. The van der Waals surface area contributed by atoms with E-state index in [2.05, 4.69) is 15.5 Å². The summed E-state index contributed by atoms with van der Waals surface area (Å²) in [5.41, 5.74) is 5.54. The molecule has 2 aromatic carbocycles. The molecule has 0 atom stereocenters. The molecule has 1 amide bonds. The average molecular weight is 339 g/mol. The molecule has 0 bridgehead atoms. The summed E-state index contributed by atoms with van der Waals surface area (Å²) in [5, 5.41) is 4.54. The van der Waals surface area contributed by atoms with Gasteiger partial charge in [-0.3, -0.25) is 4.79 Å². The highest BCUT2D eigenvalue weighted by molar-refractivity contribution is 6.33. The maximum Gasteiger partial charge on any atom is 0.272 e. The minimum absolute atomic E-state index is 0.338. The fourth-order valence-electron chi connectivity index (χ4n) is 2.19. The van der Waals surface area contributed by atoms with Crippen molar-refractivity contribution in [2.75, 3.05) is 0 Å². The SMILES string of the molecule is CC(=NNC(=O)c1ccccc1Cl)c1ccc(-n2ccnc2)cc1. The summed E-state index contributed by atoms with van der Waals surface area (Å²) in [4.78, 5) is 16.1. The Hall–Kier alpha value is -2.92. The standard InChI is InChI=1S/C18H15ClN4O/c1-13(21-22-18(24)16-4-2-3-5-17(16)19)14-6-8-15(9-7-14)23-11-10-20-12-23/h2-12H,1H3,(H,22,24). The predicted molar refractivity (Wildman–Crippen MR) is 94.7 cm³/mol. The van der Waals surface area contributed by atoms with E-state index in [4.69, 9.17) is 11.6 Å². The second kappa shape index (κ2) is 7.10. The van der Waals surface area contributed by atoms with Crippen LogP contribution in [-0.4, -0.2) is 21.2 Å². The van der Waals surface area contributed by atoms with Crippen LogP contribution in [0.15, 0.2) is 72.4 Å². The number of aromatic nitrogens is 2. The summed E-state index contributed by atoms with van der Waals surface area (Å²) in [6.45, 7) is 1.83. The Morgan fingerprint density at radius 3 is 2.58 bits per heavy atom. The van der Waals surface area contributed by atoms with Gasteiger partial charge in [0.15, 0.2) is 0 Å². The fourth-order valence-corrected chi connectivity index (χ4v) is 2.41. The second-order valence-electron chi connectivity index (χ2n) is 5.13. The zero-order valence-corrected chi connectivity index (χ0v) is 13.7. The van der Waals surface area contributed by atoms with Gasteiger partial charge in [0.2, 0.25) is 0 Å². The maximum absolute atomic E-state index is 12.1. The number of amides is 1. The lowest BCUT2D eigenvalue weighted by Gasteiger charge is -2.06. The summed E-state index contributed by atoms with van der Waals surface area (Å²) in [5.74, 6) is -0.338. The van der Waals surface area contributed by atoms with Crippen LogP contribution in [0.2, 0.25) is 5.02 Å². The van der Waals surface area contributed by atoms with Crippen molar-refractivity contribution in [3.63, 3.8) is 0 Å². The number of hydrogen-bond acceptors (Lipinski definition) is 3. The Balaban J connectivity index is 1.72. The van der Waals surface area contributed by atoms with Gasteiger partial charge in [-0.25, -0.2) is 10.4 Å². The molecule has 1 heterocycles. The molecule has 0 aliphatic carbocycles. The summed E-state index contributed by atoms with van der Waals surface area (Å²) >= 11 is 6.00. The molecule has 0 aliphatic rings. The lowest BCUT2D eigenvalue weighted by atomic mass is 10.1. The first kappa shape index (κ1) is 16.0. The van der Waals surface area contributed by atoms with E-state index in [0.717, 1.165) is 11.3 Å². The molecule has 0 fully saturated rings. The van der Waals surface area contributed by atoms with Crippen LogP contribution in [0.3, 0.4) is 0 Å². The van der Waals surface area contributed by atoms with Crippen LogP contribution in [0, 0.1) is 0 Å². The first-order valence-corrected chi connectivity index (χ1v) is 7.71. The van der Waals surface area contributed by atoms with Crippen LogP contribution in [0.5, 0.6) is 0 Å². The van der Waals surface area contributed by atoms with E-state index >= 15 is 0 Å². The third-order valence-electron chi connectivity index (χ3n) is 3.53. The molecular weight excluding hydrogens is 324 g/mol. The number of imidazole rings is 1. The highest BCUT2D eigenvalue weighted by Crippen LogP contribution is 2.14. The molecule has 0 saturated heterocycles. The number of carbonyl (C=O) groups is 1. The number of halogens is 1. The summed E-state index contributed by atoms with van der Waals surface area (Å²) in [6.07, 6.45) is 5.34. The van der Waals surface area contributed by atoms with Crippen LogP contribution in [0.1, 0.15) is 22.8 Å². The van der Waals surface area contributed by atoms with Gasteiger partial charge in [0.25, 0.3) is 5.91 Å². The Morgan fingerprint density at radius 1 is 1.17 bits per heavy atom. The van der Waals surface area contributed by atoms with Gasteiger partial charge in [-0.05, 0) is 36.8 Å². The molecule has 0 unspecified atom stereocenters. The van der Waals surface area contributed by atoms with Crippen molar-refractivity contribution in [2.45, 2.75) is 6.92 Å². The van der Waals surface area contributed by atoms with Crippen molar-refractivity contribution >= 4 is 23.2 Å². The molecule has 0 aliphatic heterocycles. The summed E-state index contributed by atoms with van der Waals surface area (Å²) < 4.78 is 1.91. The number of nitrogens with one attached hydrogen (secondary N) is 1. The lowest BCUT2D eigenvalue weighted by molar-refractivity contribution is 0.0955. The van der Waals surface area contributed by atoms with Gasteiger partial charge >= 0.3 is 0 Å². The third-order valence-corrected chi connectivity index (χ3v) is 3.86. The number of rotatable bonds is 4. The average Bonchev–Trinajstić information content (AvgIpc) is 3.14. The number of carbonyl (C=O) groups excluding carboxylic acids is 1. The lowest BCUT2D eigenvalue weighted by Crippen LogP contribution is -2.19. The molecule has 3 rings (SSSR count). The molecule has 0 radical (unpaired) electrons. The molecule has 120 valence electrons. The Labute approximate surface area is 144 Å². The molecule has 5 nitrogen and oxygen atoms in total. The number of hydrazone groups is 1. The Kier molecular flexibility index (Phi) is 4.72. The van der Waals surface area contributed by atoms with Gasteiger partial charge in [0.1, 0.15) is 0 Å². The molecule has 0 spiro atoms. The molecule has 0 saturated carbocycles. The van der Waals surface area contributed by atoms with Crippen LogP contribution in [0.4, 0.5) is 0 Å². The first-order valence-electron chi connectivity index (χ1n) is 7.33. The minimum Gasteiger partial charge on any atom is -0.306 e. The molecule has 6 heteroatoms.